The van der Waals surface area contributed by atoms with Crippen molar-refractivity contribution in [3.8, 4) is 0 Å². The van der Waals surface area contributed by atoms with E-state index < -0.39 is 6.04 Å². The Morgan fingerprint density at radius 3 is 2.96 bits per heavy atom. The summed E-state index contributed by atoms with van der Waals surface area (Å²) in [7, 11) is 0. The first-order valence-corrected chi connectivity index (χ1v) is 8.26. The fourth-order valence-corrected chi connectivity index (χ4v) is 2.82. The monoisotopic (exact) mass is 339 g/mol. The van der Waals surface area contributed by atoms with E-state index in [1.165, 1.54) is 0 Å². The molecule has 1 unspecified atom stereocenters. The molecule has 1 fully saturated rings. The Morgan fingerprint density at radius 2 is 2.20 bits per heavy atom. The van der Waals surface area contributed by atoms with E-state index in [1.54, 1.807) is 29.6 Å². The van der Waals surface area contributed by atoms with Crippen molar-refractivity contribution in [3.05, 3.63) is 59.7 Å². The first-order chi connectivity index (χ1) is 12.2. The van der Waals surface area contributed by atoms with Gasteiger partial charge in [-0.3, -0.25) is 19.6 Å². The van der Waals surface area contributed by atoms with E-state index in [1.807, 2.05) is 25.1 Å². The summed E-state index contributed by atoms with van der Waals surface area (Å²) in [5, 5.41) is 6.05. The molecular weight excluding hydrogens is 318 g/mol. The van der Waals surface area contributed by atoms with Gasteiger partial charge in [-0.05, 0) is 30.7 Å². The third-order valence-electron chi connectivity index (χ3n) is 4.25. The number of hydrogen-bond acceptors (Lipinski definition) is 5. The van der Waals surface area contributed by atoms with Crippen molar-refractivity contribution in [2.75, 3.05) is 19.6 Å². The van der Waals surface area contributed by atoms with Gasteiger partial charge in [0.25, 0.3) is 5.91 Å². The first kappa shape index (κ1) is 17.0. The van der Waals surface area contributed by atoms with Gasteiger partial charge in [-0.15, -0.1) is 0 Å². The second-order valence-corrected chi connectivity index (χ2v) is 5.95. The van der Waals surface area contributed by atoms with Gasteiger partial charge in [-0.25, -0.2) is 0 Å². The summed E-state index contributed by atoms with van der Waals surface area (Å²) < 4.78 is 0. The largest absolute Gasteiger partial charge is 0.349 e. The summed E-state index contributed by atoms with van der Waals surface area (Å²) in [6, 6.07) is 6.79. The molecule has 0 aliphatic carbocycles. The Bertz CT molecular complexity index is 750. The number of piperazine rings is 1. The van der Waals surface area contributed by atoms with Gasteiger partial charge in [-0.1, -0.05) is 6.07 Å². The van der Waals surface area contributed by atoms with Crippen LogP contribution in [-0.2, 0) is 11.3 Å². The van der Waals surface area contributed by atoms with Crippen LogP contribution < -0.4 is 10.6 Å². The topological polar surface area (TPSA) is 87.2 Å². The van der Waals surface area contributed by atoms with Crippen LogP contribution in [0.25, 0.3) is 0 Å². The van der Waals surface area contributed by atoms with Crippen LogP contribution in [0, 0.1) is 6.92 Å². The summed E-state index contributed by atoms with van der Waals surface area (Å²) in [6.45, 7) is 3.78. The Balaban J connectivity index is 1.71. The fraction of sp³-hybridized carbons (Fsp3) is 0.333. The van der Waals surface area contributed by atoms with Crippen LogP contribution >= 0.6 is 0 Å². The minimum Gasteiger partial charge on any atom is -0.349 e. The molecular formula is C18H21N5O2. The summed E-state index contributed by atoms with van der Waals surface area (Å²) in [5.74, 6) is -0.349. The lowest BCUT2D eigenvalue weighted by Crippen LogP contribution is -2.59. The van der Waals surface area contributed by atoms with Crippen LogP contribution in [0.3, 0.4) is 0 Å². The lowest BCUT2D eigenvalue weighted by molar-refractivity contribution is -0.126. The number of nitrogens with one attached hydrogen (secondary N) is 2. The smallest absolute Gasteiger partial charge is 0.256 e. The SMILES string of the molecule is Cc1ccncc1C(=O)N1CCNCC1C(=O)NCc1ccccn1. The number of hydrogen-bond donors (Lipinski definition) is 2. The lowest BCUT2D eigenvalue weighted by Gasteiger charge is -2.35. The molecule has 7 nitrogen and oxygen atoms in total. The lowest BCUT2D eigenvalue weighted by atomic mass is 10.1. The van der Waals surface area contributed by atoms with Crippen molar-refractivity contribution in [2.24, 2.45) is 0 Å². The minimum atomic E-state index is -0.551. The predicted octanol–water partition coefficient (Wildman–Crippen LogP) is 0.515. The number of aryl methyl sites for hydroxylation is 1. The van der Waals surface area contributed by atoms with E-state index >= 15 is 0 Å². The maximum atomic E-state index is 12.9. The molecule has 2 amide bonds. The number of nitrogens with zero attached hydrogens (tertiary/aromatic N) is 3. The third kappa shape index (κ3) is 4.00. The molecule has 1 saturated heterocycles. The molecule has 3 heterocycles. The van der Waals surface area contributed by atoms with Crippen molar-refractivity contribution in [1.29, 1.82) is 0 Å². The first-order valence-electron chi connectivity index (χ1n) is 8.26. The van der Waals surface area contributed by atoms with Crippen LogP contribution in [0.4, 0.5) is 0 Å². The summed E-state index contributed by atoms with van der Waals surface area (Å²) in [4.78, 5) is 35.3. The molecule has 7 heteroatoms. The normalized spacial score (nSPS) is 17.2. The molecule has 0 bridgehead atoms. The van der Waals surface area contributed by atoms with Crippen LogP contribution in [-0.4, -0.2) is 52.4 Å². The maximum Gasteiger partial charge on any atom is 0.256 e. The molecule has 0 spiro atoms. The van der Waals surface area contributed by atoms with E-state index in [9.17, 15) is 9.59 Å². The van der Waals surface area contributed by atoms with Gasteiger partial charge in [0.15, 0.2) is 0 Å². The summed E-state index contributed by atoms with van der Waals surface area (Å²) in [6.07, 6.45) is 4.90. The molecule has 25 heavy (non-hydrogen) atoms. The average molecular weight is 339 g/mol. The van der Waals surface area contributed by atoms with Crippen molar-refractivity contribution in [1.82, 2.24) is 25.5 Å². The van der Waals surface area contributed by atoms with Gasteiger partial charge in [0.05, 0.1) is 17.8 Å². The quantitative estimate of drug-likeness (QED) is 0.848. The second-order valence-electron chi connectivity index (χ2n) is 5.95. The molecule has 2 aromatic rings. The van der Waals surface area contributed by atoms with E-state index in [4.69, 9.17) is 0 Å². The molecule has 130 valence electrons. The van der Waals surface area contributed by atoms with E-state index in [0.29, 0.717) is 31.7 Å². The molecule has 0 radical (unpaired) electrons. The standard InChI is InChI=1S/C18H21N5O2/c1-13-5-7-19-11-15(13)18(25)23-9-8-20-12-16(23)17(24)22-10-14-4-2-3-6-21-14/h2-7,11,16,20H,8-10,12H2,1H3,(H,22,24). The van der Waals surface area contributed by atoms with E-state index in [-0.39, 0.29) is 11.8 Å². The zero-order valence-corrected chi connectivity index (χ0v) is 14.1. The molecule has 3 rings (SSSR count). The summed E-state index contributed by atoms with van der Waals surface area (Å²) >= 11 is 0. The number of amides is 2. The van der Waals surface area contributed by atoms with Crippen LogP contribution in [0.2, 0.25) is 0 Å². The summed E-state index contributed by atoms with van der Waals surface area (Å²) in [5.41, 5.74) is 2.17. The van der Waals surface area contributed by atoms with Gasteiger partial charge >= 0.3 is 0 Å². The van der Waals surface area contributed by atoms with E-state index in [0.717, 1.165) is 11.3 Å². The number of pyridine rings is 2. The average Bonchev–Trinajstić information content (AvgIpc) is 2.67. The Morgan fingerprint density at radius 1 is 1.32 bits per heavy atom. The van der Waals surface area contributed by atoms with Crippen molar-refractivity contribution >= 4 is 11.8 Å². The highest BCUT2D eigenvalue weighted by molar-refractivity contribution is 5.98. The Kier molecular flexibility index (Phi) is 5.35. The highest BCUT2D eigenvalue weighted by Crippen LogP contribution is 2.13. The van der Waals surface area contributed by atoms with Gasteiger partial charge in [0, 0.05) is 38.2 Å². The van der Waals surface area contributed by atoms with Crippen LogP contribution in [0.1, 0.15) is 21.6 Å². The van der Waals surface area contributed by atoms with Crippen molar-refractivity contribution < 1.29 is 9.59 Å². The van der Waals surface area contributed by atoms with Crippen LogP contribution in [0.5, 0.6) is 0 Å². The zero-order valence-electron chi connectivity index (χ0n) is 14.1. The van der Waals surface area contributed by atoms with Crippen molar-refractivity contribution in [2.45, 2.75) is 19.5 Å². The predicted molar refractivity (Wildman–Crippen MR) is 92.8 cm³/mol. The molecule has 0 aromatic carbocycles. The number of rotatable bonds is 4. The molecule has 1 aliphatic heterocycles. The molecule has 1 aliphatic rings. The maximum absolute atomic E-state index is 12.9. The number of carbonyl (C=O) groups is 2. The van der Waals surface area contributed by atoms with Gasteiger partial charge in [-0.2, -0.15) is 0 Å². The molecule has 0 saturated carbocycles. The Hall–Kier alpha value is -2.80. The fourth-order valence-electron chi connectivity index (χ4n) is 2.82. The third-order valence-corrected chi connectivity index (χ3v) is 4.25. The second kappa shape index (κ2) is 7.85. The minimum absolute atomic E-state index is 0.162. The van der Waals surface area contributed by atoms with Crippen molar-refractivity contribution in [3.63, 3.8) is 0 Å². The van der Waals surface area contributed by atoms with Gasteiger partial charge < -0.3 is 15.5 Å². The number of aromatic nitrogens is 2. The van der Waals surface area contributed by atoms with Crippen LogP contribution in [0.15, 0.2) is 42.9 Å². The molecule has 2 aromatic heterocycles. The van der Waals surface area contributed by atoms with E-state index in [2.05, 4.69) is 20.6 Å². The highest BCUT2D eigenvalue weighted by atomic mass is 16.2. The van der Waals surface area contributed by atoms with Gasteiger partial charge in [0.2, 0.25) is 5.91 Å². The highest BCUT2D eigenvalue weighted by Gasteiger charge is 2.33. The molecule has 1 atom stereocenters. The Labute approximate surface area is 146 Å². The van der Waals surface area contributed by atoms with Gasteiger partial charge in [0.1, 0.15) is 6.04 Å². The zero-order chi connectivity index (χ0) is 17.6. The molecule has 2 N–H and O–H groups in total. The number of carbonyl (C=O) groups excluding carboxylic acids is 2.